The molecule has 5 heteroatoms. The van der Waals surface area contributed by atoms with Crippen molar-refractivity contribution in [1.82, 2.24) is 9.88 Å². The van der Waals surface area contributed by atoms with Gasteiger partial charge in [-0.3, -0.25) is 14.7 Å². The second-order valence-corrected chi connectivity index (χ2v) is 5.95. The lowest BCUT2D eigenvalue weighted by Crippen LogP contribution is -2.45. The Labute approximate surface area is 125 Å². The van der Waals surface area contributed by atoms with Gasteiger partial charge in [0.05, 0.1) is 17.3 Å². The second-order valence-electron chi connectivity index (χ2n) is 5.95. The number of aliphatic carboxylic acids is 1. The standard InChI is InChI=1S/C16H23FN2O2/c1-3-6-16(15(20)21)7-9-19(10-8-16)12(2)14-5-4-13(17)11-18-14/h4-5,11-12H,3,6-10H2,1-2H3,(H,20,21). The summed E-state index contributed by atoms with van der Waals surface area (Å²) in [6.07, 6.45) is 4.19. The van der Waals surface area contributed by atoms with Gasteiger partial charge in [-0.15, -0.1) is 0 Å². The summed E-state index contributed by atoms with van der Waals surface area (Å²) in [6.45, 7) is 5.55. The Morgan fingerprint density at radius 3 is 2.62 bits per heavy atom. The molecule has 1 aliphatic heterocycles. The first-order chi connectivity index (χ1) is 9.98. The fourth-order valence-corrected chi connectivity index (χ4v) is 3.21. The molecule has 1 unspecified atom stereocenters. The van der Waals surface area contributed by atoms with Crippen LogP contribution in [-0.4, -0.2) is 34.0 Å². The largest absolute Gasteiger partial charge is 0.481 e. The molecule has 0 saturated carbocycles. The highest BCUT2D eigenvalue weighted by Gasteiger charge is 2.41. The van der Waals surface area contributed by atoms with Crippen LogP contribution in [0, 0.1) is 11.2 Å². The maximum absolute atomic E-state index is 12.9. The van der Waals surface area contributed by atoms with Gasteiger partial charge in [-0.05, 0) is 51.4 Å². The highest BCUT2D eigenvalue weighted by molar-refractivity contribution is 5.74. The van der Waals surface area contributed by atoms with Crippen LogP contribution in [0.4, 0.5) is 4.39 Å². The molecule has 0 aliphatic carbocycles. The molecule has 0 spiro atoms. The smallest absolute Gasteiger partial charge is 0.309 e. The topological polar surface area (TPSA) is 53.4 Å². The molecular formula is C16H23FN2O2. The van der Waals surface area contributed by atoms with E-state index in [9.17, 15) is 14.3 Å². The summed E-state index contributed by atoms with van der Waals surface area (Å²) < 4.78 is 12.9. The highest BCUT2D eigenvalue weighted by Crippen LogP contribution is 2.38. The third kappa shape index (κ3) is 3.40. The summed E-state index contributed by atoms with van der Waals surface area (Å²) in [5.41, 5.74) is 0.260. The number of piperidine rings is 1. The number of carboxylic acid groups (broad SMARTS) is 1. The zero-order valence-corrected chi connectivity index (χ0v) is 12.7. The summed E-state index contributed by atoms with van der Waals surface area (Å²) >= 11 is 0. The van der Waals surface area contributed by atoms with Gasteiger partial charge in [-0.2, -0.15) is 0 Å². The molecule has 0 radical (unpaired) electrons. The minimum atomic E-state index is -0.670. The van der Waals surface area contributed by atoms with Crippen LogP contribution in [-0.2, 0) is 4.79 Å². The van der Waals surface area contributed by atoms with E-state index in [1.165, 1.54) is 12.3 Å². The molecular weight excluding hydrogens is 271 g/mol. The molecule has 0 aromatic carbocycles. The van der Waals surface area contributed by atoms with E-state index in [0.717, 1.165) is 31.6 Å². The van der Waals surface area contributed by atoms with Crippen LogP contribution in [0.2, 0.25) is 0 Å². The van der Waals surface area contributed by atoms with Crippen molar-refractivity contribution in [1.29, 1.82) is 0 Å². The molecule has 21 heavy (non-hydrogen) atoms. The monoisotopic (exact) mass is 294 g/mol. The number of hydrogen-bond acceptors (Lipinski definition) is 3. The van der Waals surface area contributed by atoms with Gasteiger partial charge in [-0.25, -0.2) is 4.39 Å². The molecule has 1 aromatic rings. The van der Waals surface area contributed by atoms with Crippen molar-refractivity contribution in [3.63, 3.8) is 0 Å². The first-order valence-corrected chi connectivity index (χ1v) is 7.57. The number of carboxylic acids is 1. The van der Waals surface area contributed by atoms with Crippen LogP contribution in [0.3, 0.4) is 0 Å². The Balaban J connectivity index is 2.02. The van der Waals surface area contributed by atoms with E-state index in [2.05, 4.69) is 9.88 Å². The lowest BCUT2D eigenvalue weighted by Gasteiger charge is -2.41. The van der Waals surface area contributed by atoms with E-state index >= 15 is 0 Å². The van der Waals surface area contributed by atoms with Gasteiger partial charge < -0.3 is 5.11 Å². The third-order valence-corrected chi connectivity index (χ3v) is 4.66. The summed E-state index contributed by atoms with van der Waals surface area (Å²) in [4.78, 5) is 17.9. The number of pyridine rings is 1. The zero-order chi connectivity index (χ0) is 15.5. The lowest BCUT2D eigenvalue weighted by atomic mass is 9.74. The molecule has 1 aromatic heterocycles. The Bertz CT molecular complexity index is 482. The fourth-order valence-electron chi connectivity index (χ4n) is 3.21. The van der Waals surface area contributed by atoms with Gasteiger partial charge in [0.2, 0.25) is 0 Å². The van der Waals surface area contributed by atoms with E-state index in [1.54, 1.807) is 6.07 Å². The number of nitrogens with zero attached hydrogens (tertiary/aromatic N) is 2. The Hall–Kier alpha value is -1.49. The summed E-state index contributed by atoms with van der Waals surface area (Å²) in [7, 11) is 0. The average molecular weight is 294 g/mol. The second kappa shape index (κ2) is 6.52. The van der Waals surface area contributed by atoms with Crippen LogP contribution in [0.5, 0.6) is 0 Å². The minimum Gasteiger partial charge on any atom is -0.481 e. The number of halogens is 1. The van der Waals surface area contributed by atoms with Crippen molar-refractivity contribution in [3.05, 3.63) is 29.8 Å². The molecule has 4 nitrogen and oxygen atoms in total. The summed E-state index contributed by atoms with van der Waals surface area (Å²) in [6, 6.07) is 3.20. The first kappa shape index (κ1) is 15.9. The summed E-state index contributed by atoms with van der Waals surface area (Å²) in [5.74, 6) is -1.01. The van der Waals surface area contributed by atoms with Crippen molar-refractivity contribution in [2.45, 2.75) is 45.6 Å². The number of rotatable bonds is 5. The average Bonchev–Trinajstić information content (AvgIpc) is 2.48. The molecule has 1 atom stereocenters. The molecule has 1 saturated heterocycles. The molecule has 1 N–H and O–H groups in total. The maximum atomic E-state index is 12.9. The predicted octanol–water partition coefficient (Wildman–Crippen LogP) is 3.25. The minimum absolute atomic E-state index is 0.0824. The quantitative estimate of drug-likeness (QED) is 0.905. The van der Waals surface area contributed by atoms with Gasteiger partial charge in [0.15, 0.2) is 0 Å². The molecule has 1 aliphatic rings. The van der Waals surface area contributed by atoms with Crippen LogP contribution < -0.4 is 0 Å². The molecule has 2 rings (SSSR count). The van der Waals surface area contributed by atoms with E-state index < -0.39 is 11.4 Å². The van der Waals surface area contributed by atoms with E-state index in [0.29, 0.717) is 12.8 Å². The number of aromatic nitrogens is 1. The molecule has 116 valence electrons. The normalized spacial score (nSPS) is 20.1. The van der Waals surface area contributed by atoms with E-state index in [4.69, 9.17) is 0 Å². The van der Waals surface area contributed by atoms with Crippen molar-refractivity contribution >= 4 is 5.97 Å². The van der Waals surface area contributed by atoms with Gasteiger partial charge in [0.25, 0.3) is 0 Å². The molecule has 2 heterocycles. The van der Waals surface area contributed by atoms with Gasteiger partial charge >= 0.3 is 5.97 Å². The van der Waals surface area contributed by atoms with Crippen LogP contribution in [0.15, 0.2) is 18.3 Å². The highest BCUT2D eigenvalue weighted by atomic mass is 19.1. The molecule has 1 fully saturated rings. The number of carbonyl (C=O) groups is 1. The van der Waals surface area contributed by atoms with E-state index in [1.807, 2.05) is 13.8 Å². The third-order valence-electron chi connectivity index (χ3n) is 4.66. The van der Waals surface area contributed by atoms with Gasteiger partial charge in [-0.1, -0.05) is 13.3 Å². The zero-order valence-electron chi connectivity index (χ0n) is 12.7. The molecule has 0 amide bonds. The van der Waals surface area contributed by atoms with Crippen molar-refractivity contribution in [2.24, 2.45) is 5.41 Å². The predicted molar refractivity (Wildman–Crippen MR) is 78.4 cm³/mol. The van der Waals surface area contributed by atoms with Crippen LogP contribution in [0.1, 0.15) is 51.3 Å². The number of likely N-dealkylation sites (tertiary alicyclic amines) is 1. The SMILES string of the molecule is CCCC1(C(=O)O)CCN(C(C)c2ccc(F)cn2)CC1. The maximum Gasteiger partial charge on any atom is 0.309 e. The van der Waals surface area contributed by atoms with Crippen molar-refractivity contribution in [2.75, 3.05) is 13.1 Å². The van der Waals surface area contributed by atoms with E-state index in [-0.39, 0.29) is 11.9 Å². The first-order valence-electron chi connectivity index (χ1n) is 7.57. The van der Waals surface area contributed by atoms with Gasteiger partial charge in [0, 0.05) is 6.04 Å². The van der Waals surface area contributed by atoms with Crippen molar-refractivity contribution < 1.29 is 14.3 Å². The molecule has 0 bridgehead atoms. The Kier molecular flexibility index (Phi) is 4.93. The lowest BCUT2D eigenvalue weighted by molar-refractivity contribution is -0.153. The van der Waals surface area contributed by atoms with Gasteiger partial charge in [0.1, 0.15) is 5.82 Å². The Morgan fingerprint density at radius 2 is 2.14 bits per heavy atom. The Morgan fingerprint density at radius 1 is 1.48 bits per heavy atom. The number of hydrogen-bond donors (Lipinski definition) is 1. The van der Waals surface area contributed by atoms with Crippen LogP contribution >= 0.6 is 0 Å². The van der Waals surface area contributed by atoms with Crippen molar-refractivity contribution in [3.8, 4) is 0 Å². The summed E-state index contributed by atoms with van der Waals surface area (Å²) in [5, 5.41) is 9.52. The fraction of sp³-hybridized carbons (Fsp3) is 0.625. The van der Waals surface area contributed by atoms with Crippen LogP contribution in [0.25, 0.3) is 0 Å².